The number of nitrogens with two attached hydrogens (primary N) is 1. The molecule has 0 amide bonds. The molecule has 0 bridgehead atoms. The predicted octanol–water partition coefficient (Wildman–Crippen LogP) is 3.00. The summed E-state index contributed by atoms with van der Waals surface area (Å²) in [6, 6.07) is 5.85. The van der Waals surface area contributed by atoms with E-state index in [4.69, 9.17) is 14.9 Å². The molecule has 0 unspecified atom stereocenters. The molecular weight excluding hydrogens is 272 g/mol. The van der Waals surface area contributed by atoms with Gasteiger partial charge in [-0.3, -0.25) is 0 Å². The van der Waals surface area contributed by atoms with Crippen molar-refractivity contribution in [2.45, 2.75) is 6.92 Å². The van der Waals surface area contributed by atoms with E-state index >= 15 is 0 Å². The van der Waals surface area contributed by atoms with E-state index in [1.807, 2.05) is 25.1 Å². The van der Waals surface area contributed by atoms with Gasteiger partial charge in [-0.25, -0.2) is 0 Å². The summed E-state index contributed by atoms with van der Waals surface area (Å²) in [6.45, 7) is 1.82. The van der Waals surface area contributed by atoms with Crippen LogP contribution in [0.25, 0.3) is 11.3 Å². The lowest BCUT2D eigenvalue weighted by molar-refractivity contribution is 0.416. The van der Waals surface area contributed by atoms with E-state index in [1.165, 1.54) is 0 Å². The molecule has 84 valence electrons. The van der Waals surface area contributed by atoms with Crippen molar-refractivity contribution in [2.75, 3.05) is 12.8 Å². The summed E-state index contributed by atoms with van der Waals surface area (Å²) in [5.41, 5.74) is 7.08. The van der Waals surface area contributed by atoms with Crippen LogP contribution in [0.4, 0.5) is 6.01 Å². The predicted molar refractivity (Wildman–Crippen MR) is 65.3 cm³/mol. The molecule has 2 N–H and O–H groups in total. The highest BCUT2D eigenvalue weighted by molar-refractivity contribution is 9.10. The molecule has 0 saturated heterocycles. The minimum atomic E-state index is 0.162. The number of oxazole rings is 1. The van der Waals surface area contributed by atoms with Crippen LogP contribution in [-0.2, 0) is 0 Å². The van der Waals surface area contributed by atoms with Crippen LogP contribution < -0.4 is 10.5 Å². The highest BCUT2D eigenvalue weighted by Gasteiger charge is 2.14. The van der Waals surface area contributed by atoms with E-state index < -0.39 is 0 Å². The van der Waals surface area contributed by atoms with Crippen LogP contribution in [0.15, 0.2) is 27.1 Å². The standard InChI is InChI=1S/C11H11BrN2O2/c1-6-10(14-11(13)16-6)8-5-7(12)3-4-9(8)15-2/h3-5H,1-2H3,(H2,13,14). The maximum atomic E-state index is 5.52. The number of nitrogen functional groups attached to an aromatic ring is 1. The van der Waals surface area contributed by atoms with Crippen molar-refractivity contribution >= 4 is 21.9 Å². The number of benzene rings is 1. The molecule has 2 rings (SSSR count). The van der Waals surface area contributed by atoms with Crippen LogP contribution in [0.1, 0.15) is 5.76 Å². The number of rotatable bonds is 2. The topological polar surface area (TPSA) is 61.3 Å². The van der Waals surface area contributed by atoms with Crippen molar-refractivity contribution in [2.24, 2.45) is 0 Å². The maximum absolute atomic E-state index is 5.52. The Balaban J connectivity index is 2.62. The Morgan fingerprint density at radius 1 is 1.44 bits per heavy atom. The summed E-state index contributed by atoms with van der Waals surface area (Å²) in [7, 11) is 1.62. The Kier molecular flexibility index (Phi) is 2.87. The van der Waals surface area contributed by atoms with Gasteiger partial charge in [-0.05, 0) is 25.1 Å². The Morgan fingerprint density at radius 3 is 2.75 bits per heavy atom. The van der Waals surface area contributed by atoms with Crippen LogP contribution in [0.3, 0.4) is 0 Å². The van der Waals surface area contributed by atoms with Crippen LogP contribution in [0.2, 0.25) is 0 Å². The number of nitrogens with zero attached hydrogens (tertiary/aromatic N) is 1. The Morgan fingerprint density at radius 2 is 2.19 bits per heavy atom. The second-order valence-electron chi connectivity index (χ2n) is 3.30. The summed E-state index contributed by atoms with van der Waals surface area (Å²) < 4.78 is 11.4. The first kappa shape index (κ1) is 11.0. The lowest BCUT2D eigenvalue weighted by atomic mass is 10.1. The summed E-state index contributed by atoms with van der Waals surface area (Å²) >= 11 is 3.41. The Hall–Kier alpha value is -1.49. The Labute approximate surface area is 102 Å². The number of aromatic nitrogens is 1. The largest absolute Gasteiger partial charge is 0.496 e. The van der Waals surface area contributed by atoms with Crippen LogP contribution >= 0.6 is 15.9 Å². The molecule has 0 aliphatic rings. The first-order valence-corrected chi connectivity index (χ1v) is 5.48. The van der Waals surface area contributed by atoms with Gasteiger partial charge in [-0.1, -0.05) is 15.9 Å². The van der Waals surface area contributed by atoms with Gasteiger partial charge in [-0.15, -0.1) is 0 Å². The molecule has 4 nitrogen and oxygen atoms in total. The van der Waals surface area contributed by atoms with Crippen molar-refractivity contribution in [3.05, 3.63) is 28.4 Å². The average molecular weight is 283 g/mol. The summed E-state index contributed by atoms with van der Waals surface area (Å²) in [4.78, 5) is 4.14. The molecule has 0 atom stereocenters. The molecule has 1 aromatic carbocycles. The van der Waals surface area contributed by atoms with Crippen LogP contribution in [0.5, 0.6) is 5.75 Å². The van der Waals surface area contributed by atoms with E-state index in [0.717, 1.165) is 15.8 Å². The third kappa shape index (κ3) is 1.90. The third-order valence-corrected chi connectivity index (χ3v) is 2.72. The molecule has 0 aliphatic heterocycles. The van der Waals surface area contributed by atoms with Gasteiger partial charge in [0, 0.05) is 10.0 Å². The molecule has 16 heavy (non-hydrogen) atoms. The Bertz CT molecular complexity index is 523. The summed E-state index contributed by atoms with van der Waals surface area (Å²) in [6.07, 6.45) is 0. The number of hydrogen-bond acceptors (Lipinski definition) is 4. The van der Waals surface area contributed by atoms with E-state index in [1.54, 1.807) is 7.11 Å². The SMILES string of the molecule is COc1ccc(Br)cc1-c1nc(N)oc1C. The monoisotopic (exact) mass is 282 g/mol. The van der Waals surface area contributed by atoms with Gasteiger partial charge in [0.15, 0.2) is 0 Å². The minimum Gasteiger partial charge on any atom is -0.496 e. The fourth-order valence-electron chi connectivity index (χ4n) is 1.53. The highest BCUT2D eigenvalue weighted by atomic mass is 79.9. The average Bonchev–Trinajstić information content (AvgIpc) is 2.57. The molecule has 5 heteroatoms. The van der Waals surface area contributed by atoms with E-state index in [-0.39, 0.29) is 6.01 Å². The zero-order valence-corrected chi connectivity index (χ0v) is 10.5. The normalized spacial score (nSPS) is 10.4. The molecule has 0 aliphatic carbocycles. The number of hydrogen-bond donors (Lipinski definition) is 1. The second-order valence-corrected chi connectivity index (χ2v) is 4.22. The second kappa shape index (κ2) is 4.17. The van der Waals surface area contributed by atoms with Crippen molar-refractivity contribution in [1.82, 2.24) is 4.98 Å². The first-order chi connectivity index (χ1) is 7.61. The van der Waals surface area contributed by atoms with E-state index in [2.05, 4.69) is 20.9 Å². The van der Waals surface area contributed by atoms with E-state index in [9.17, 15) is 0 Å². The fourth-order valence-corrected chi connectivity index (χ4v) is 1.89. The lowest BCUT2D eigenvalue weighted by Gasteiger charge is -2.06. The van der Waals surface area contributed by atoms with Crippen molar-refractivity contribution in [3.63, 3.8) is 0 Å². The summed E-state index contributed by atoms with van der Waals surface area (Å²) in [5, 5.41) is 0. The summed E-state index contributed by atoms with van der Waals surface area (Å²) in [5.74, 6) is 1.41. The van der Waals surface area contributed by atoms with Gasteiger partial charge < -0.3 is 14.9 Å². The number of anilines is 1. The third-order valence-electron chi connectivity index (χ3n) is 2.23. The first-order valence-electron chi connectivity index (χ1n) is 4.68. The van der Waals surface area contributed by atoms with Crippen molar-refractivity contribution in [1.29, 1.82) is 0 Å². The van der Waals surface area contributed by atoms with Gasteiger partial charge in [0.05, 0.1) is 7.11 Å². The number of aryl methyl sites for hydroxylation is 1. The smallest absolute Gasteiger partial charge is 0.292 e. The molecule has 0 radical (unpaired) electrons. The van der Waals surface area contributed by atoms with Crippen molar-refractivity contribution in [3.8, 4) is 17.0 Å². The van der Waals surface area contributed by atoms with Gasteiger partial charge in [-0.2, -0.15) is 4.98 Å². The zero-order chi connectivity index (χ0) is 11.7. The van der Waals surface area contributed by atoms with Gasteiger partial charge >= 0.3 is 0 Å². The number of ether oxygens (including phenoxy) is 1. The molecule has 0 fully saturated rings. The van der Waals surface area contributed by atoms with Crippen LogP contribution in [-0.4, -0.2) is 12.1 Å². The molecule has 1 aromatic heterocycles. The minimum absolute atomic E-state index is 0.162. The number of halogens is 1. The van der Waals surface area contributed by atoms with Gasteiger partial charge in [0.2, 0.25) is 0 Å². The molecule has 0 spiro atoms. The fraction of sp³-hybridized carbons (Fsp3) is 0.182. The van der Waals surface area contributed by atoms with E-state index in [0.29, 0.717) is 11.5 Å². The van der Waals surface area contributed by atoms with Gasteiger partial charge in [0.25, 0.3) is 6.01 Å². The van der Waals surface area contributed by atoms with Crippen LogP contribution in [0, 0.1) is 6.92 Å². The molecule has 1 heterocycles. The quantitative estimate of drug-likeness (QED) is 0.920. The van der Waals surface area contributed by atoms with Crippen molar-refractivity contribution < 1.29 is 9.15 Å². The zero-order valence-electron chi connectivity index (χ0n) is 8.95. The van der Waals surface area contributed by atoms with Gasteiger partial charge in [0.1, 0.15) is 17.2 Å². The maximum Gasteiger partial charge on any atom is 0.292 e. The lowest BCUT2D eigenvalue weighted by Crippen LogP contribution is -1.90. The highest BCUT2D eigenvalue weighted by Crippen LogP contribution is 2.34. The molecule has 2 aromatic rings. The number of methoxy groups -OCH3 is 1. The molecular formula is C11H11BrN2O2. The molecule has 0 saturated carbocycles.